The number of rotatable bonds is 3. The Morgan fingerprint density at radius 2 is 1.74 bits per heavy atom. The SMILES string of the molecule is NC(Cc1ccc(F)c(Cl)c1)c1ccc(Cl)cc1Cl. The average molecular weight is 319 g/mol. The smallest absolute Gasteiger partial charge is 0.141 e. The lowest BCUT2D eigenvalue weighted by molar-refractivity contribution is 0.626. The molecule has 0 aliphatic heterocycles. The molecule has 0 bridgehead atoms. The molecule has 100 valence electrons. The van der Waals surface area contributed by atoms with Crippen LogP contribution in [0.1, 0.15) is 17.2 Å². The van der Waals surface area contributed by atoms with Crippen LogP contribution in [-0.2, 0) is 6.42 Å². The largest absolute Gasteiger partial charge is 0.324 e. The average Bonchev–Trinajstić information content (AvgIpc) is 2.33. The number of hydrogen-bond donors (Lipinski definition) is 1. The summed E-state index contributed by atoms with van der Waals surface area (Å²) < 4.78 is 13.1. The normalized spacial score (nSPS) is 12.5. The number of hydrogen-bond acceptors (Lipinski definition) is 1. The van der Waals surface area contributed by atoms with Gasteiger partial charge in [-0.05, 0) is 41.8 Å². The van der Waals surface area contributed by atoms with Crippen molar-refractivity contribution in [3.8, 4) is 0 Å². The predicted octanol–water partition coefficient (Wildman–Crippen LogP) is 5.03. The molecule has 0 heterocycles. The molecule has 0 saturated heterocycles. The molecule has 0 aliphatic carbocycles. The van der Waals surface area contributed by atoms with Gasteiger partial charge in [0.1, 0.15) is 5.82 Å². The summed E-state index contributed by atoms with van der Waals surface area (Å²) in [4.78, 5) is 0. The zero-order valence-electron chi connectivity index (χ0n) is 9.84. The molecule has 0 aromatic heterocycles. The second-order valence-corrected chi connectivity index (χ2v) is 5.48. The molecule has 0 saturated carbocycles. The van der Waals surface area contributed by atoms with Gasteiger partial charge in [0.05, 0.1) is 5.02 Å². The summed E-state index contributed by atoms with van der Waals surface area (Å²) in [6, 6.07) is 9.43. The van der Waals surface area contributed by atoms with Gasteiger partial charge in [-0.3, -0.25) is 0 Å². The zero-order valence-corrected chi connectivity index (χ0v) is 12.1. The highest BCUT2D eigenvalue weighted by molar-refractivity contribution is 6.35. The molecule has 1 atom stereocenters. The lowest BCUT2D eigenvalue weighted by Crippen LogP contribution is -2.14. The van der Waals surface area contributed by atoms with E-state index in [4.69, 9.17) is 40.5 Å². The lowest BCUT2D eigenvalue weighted by atomic mass is 9.99. The van der Waals surface area contributed by atoms with Gasteiger partial charge in [0, 0.05) is 16.1 Å². The molecular weight excluding hydrogens is 308 g/mol. The minimum Gasteiger partial charge on any atom is -0.324 e. The van der Waals surface area contributed by atoms with E-state index >= 15 is 0 Å². The molecule has 1 nitrogen and oxygen atoms in total. The Hall–Kier alpha value is -0.800. The molecule has 2 aromatic rings. The Bertz CT molecular complexity index is 601. The van der Waals surface area contributed by atoms with Crippen LogP contribution < -0.4 is 5.73 Å². The first-order chi connectivity index (χ1) is 8.97. The summed E-state index contributed by atoms with van der Waals surface area (Å²) in [6.45, 7) is 0. The van der Waals surface area contributed by atoms with Gasteiger partial charge >= 0.3 is 0 Å². The molecule has 2 rings (SSSR count). The van der Waals surface area contributed by atoms with Gasteiger partial charge in [0.15, 0.2) is 0 Å². The summed E-state index contributed by atoms with van der Waals surface area (Å²) in [5.41, 5.74) is 7.75. The van der Waals surface area contributed by atoms with Gasteiger partial charge in [-0.25, -0.2) is 4.39 Å². The van der Waals surface area contributed by atoms with Crippen molar-refractivity contribution in [3.05, 3.63) is 68.4 Å². The van der Waals surface area contributed by atoms with Crippen molar-refractivity contribution in [2.75, 3.05) is 0 Å². The van der Waals surface area contributed by atoms with Crippen LogP contribution in [0.5, 0.6) is 0 Å². The van der Waals surface area contributed by atoms with Crippen molar-refractivity contribution in [1.82, 2.24) is 0 Å². The standard InChI is InChI=1S/C14H11Cl3FN/c15-9-2-3-10(11(16)7-9)14(19)6-8-1-4-13(18)12(17)5-8/h1-5,7,14H,6,19H2. The van der Waals surface area contributed by atoms with Crippen LogP contribution in [0, 0.1) is 5.82 Å². The van der Waals surface area contributed by atoms with Crippen molar-refractivity contribution in [1.29, 1.82) is 0 Å². The molecule has 2 aromatic carbocycles. The molecule has 0 aliphatic rings. The number of halogens is 4. The van der Waals surface area contributed by atoms with Gasteiger partial charge in [0.25, 0.3) is 0 Å². The van der Waals surface area contributed by atoms with Crippen molar-refractivity contribution in [2.45, 2.75) is 12.5 Å². The maximum Gasteiger partial charge on any atom is 0.141 e. The fourth-order valence-electron chi connectivity index (χ4n) is 1.83. The highest BCUT2D eigenvalue weighted by Gasteiger charge is 2.12. The Labute approximate surface area is 126 Å². The molecule has 0 fully saturated rings. The maximum atomic E-state index is 13.1. The van der Waals surface area contributed by atoms with E-state index in [1.165, 1.54) is 6.07 Å². The first-order valence-corrected chi connectivity index (χ1v) is 6.75. The van der Waals surface area contributed by atoms with Crippen molar-refractivity contribution >= 4 is 34.8 Å². The van der Waals surface area contributed by atoms with E-state index in [-0.39, 0.29) is 11.1 Å². The maximum absolute atomic E-state index is 13.1. The van der Waals surface area contributed by atoms with E-state index in [9.17, 15) is 4.39 Å². The van der Waals surface area contributed by atoms with Crippen LogP contribution in [0.4, 0.5) is 4.39 Å². The molecule has 19 heavy (non-hydrogen) atoms. The van der Waals surface area contributed by atoms with Gasteiger partial charge in [-0.15, -0.1) is 0 Å². The number of nitrogens with two attached hydrogens (primary N) is 1. The zero-order chi connectivity index (χ0) is 14.0. The molecular formula is C14H11Cl3FN. The van der Waals surface area contributed by atoms with Gasteiger partial charge in [-0.2, -0.15) is 0 Å². The fourth-order valence-corrected chi connectivity index (χ4v) is 2.58. The second-order valence-electron chi connectivity index (χ2n) is 4.22. The summed E-state index contributed by atoms with van der Waals surface area (Å²) in [5.74, 6) is -0.441. The van der Waals surface area contributed by atoms with Crippen molar-refractivity contribution < 1.29 is 4.39 Å². The van der Waals surface area contributed by atoms with Gasteiger partial charge < -0.3 is 5.73 Å². The highest BCUT2D eigenvalue weighted by atomic mass is 35.5. The van der Waals surface area contributed by atoms with Crippen LogP contribution in [0.2, 0.25) is 15.1 Å². The first kappa shape index (κ1) is 14.6. The summed E-state index contributed by atoms with van der Waals surface area (Å²) in [6.07, 6.45) is 0.515. The fraction of sp³-hybridized carbons (Fsp3) is 0.143. The Morgan fingerprint density at radius 1 is 1.00 bits per heavy atom. The van der Waals surface area contributed by atoms with E-state index < -0.39 is 5.82 Å². The van der Waals surface area contributed by atoms with E-state index in [2.05, 4.69) is 0 Å². The second kappa shape index (κ2) is 6.10. The Morgan fingerprint density at radius 3 is 2.37 bits per heavy atom. The van der Waals surface area contributed by atoms with Crippen LogP contribution in [0.25, 0.3) is 0 Å². The van der Waals surface area contributed by atoms with E-state index in [1.54, 1.807) is 30.3 Å². The van der Waals surface area contributed by atoms with Crippen molar-refractivity contribution in [3.63, 3.8) is 0 Å². The monoisotopic (exact) mass is 317 g/mol. The molecule has 2 N–H and O–H groups in total. The van der Waals surface area contributed by atoms with Gasteiger partial charge in [-0.1, -0.05) is 46.9 Å². The Kier molecular flexibility index (Phi) is 4.69. The topological polar surface area (TPSA) is 26.0 Å². The molecule has 1 unspecified atom stereocenters. The van der Waals surface area contributed by atoms with Crippen LogP contribution >= 0.6 is 34.8 Å². The first-order valence-electron chi connectivity index (χ1n) is 5.62. The summed E-state index contributed by atoms with van der Waals surface area (Å²) >= 11 is 17.7. The van der Waals surface area contributed by atoms with Gasteiger partial charge in [0.2, 0.25) is 0 Å². The lowest BCUT2D eigenvalue weighted by Gasteiger charge is -2.14. The Balaban J connectivity index is 2.20. The number of benzene rings is 2. The van der Waals surface area contributed by atoms with E-state index in [1.807, 2.05) is 0 Å². The quantitative estimate of drug-likeness (QED) is 0.844. The molecule has 0 radical (unpaired) electrons. The third-order valence-electron chi connectivity index (χ3n) is 2.80. The molecule has 0 spiro atoms. The minimum atomic E-state index is -0.441. The third kappa shape index (κ3) is 3.61. The summed E-state index contributed by atoms with van der Waals surface area (Å²) in [7, 11) is 0. The molecule has 0 amide bonds. The van der Waals surface area contributed by atoms with E-state index in [0.29, 0.717) is 16.5 Å². The molecule has 5 heteroatoms. The van der Waals surface area contributed by atoms with Crippen LogP contribution in [0.15, 0.2) is 36.4 Å². The van der Waals surface area contributed by atoms with Crippen LogP contribution in [-0.4, -0.2) is 0 Å². The summed E-state index contributed by atoms with van der Waals surface area (Å²) in [5, 5.41) is 1.17. The van der Waals surface area contributed by atoms with Crippen molar-refractivity contribution in [2.24, 2.45) is 5.73 Å². The van der Waals surface area contributed by atoms with E-state index in [0.717, 1.165) is 11.1 Å². The highest BCUT2D eigenvalue weighted by Crippen LogP contribution is 2.27. The predicted molar refractivity (Wildman–Crippen MR) is 78.5 cm³/mol. The van der Waals surface area contributed by atoms with Crippen LogP contribution in [0.3, 0.4) is 0 Å². The minimum absolute atomic E-state index is 0.0897. The third-order valence-corrected chi connectivity index (χ3v) is 3.65.